The molecule has 86 valence electrons. The molecule has 0 spiro atoms. The maximum Gasteiger partial charge on any atom is 0.310 e. The van der Waals surface area contributed by atoms with Crippen LogP contribution < -0.4 is 5.32 Å². The fourth-order valence-corrected chi connectivity index (χ4v) is 2.59. The number of fused-ring (bicyclic) bond motifs is 2. The molecule has 3 nitrogen and oxygen atoms in total. The average Bonchev–Trinajstić information content (AvgIpc) is 2.77. The van der Waals surface area contributed by atoms with Crippen molar-refractivity contribution in [3.05, 3.63) is 0 Å². The van der Waals surface area contributed by atoms with Crippen molar-refractivity contribution < 1.29 is 9.53 Å². The van der Waals surface area contributed by atoms with Crippen molar-refractivity contribution in [3.63, 3.8) is 0 Å². The summed E-state index contributed by atoms with van der Waals surface area (Å²) < 4.78 is 5.31. The summed E-state index contributed by atoms with van der Waals surface area (Å²) in [5, 5.41) is 3.46. The van der Waals surface area contributed by atoms with Crippen molar-refractivity contribution in [1.29, 1.82) is 0 Å². The second-order valence-electron chi connectivity index (χ2n) is 5.24. The zero-order valence-corrected chi connectivity index (χ0v) is 9.66. The summed E-state index contributed by atoms with van der Waals surface area (Å²) in [6.45, 7) is 4.88. The molecular formula is C12H21NO2. The van der Waals surface area contributed by atoms with Crippen LogP contribution in [-0.4, -0.2) is 24.7 Å². The van der Waals surface area contributed by atoms with Crippen LogP contribution in [0, 0.1) is 11.8 Å². The quantitative estimate of drug-likeness (QED) is 0.719. The predicted octanol–water partition coefficient (Wildman–Crippen LogP) is 1.72. The fourth-order valence-electron chi connectivity index (χ4n) is 2.59. The van der Waals surface area contributed by atoms with E-state index >= 15 is 0 Å². The van der Waals surface area contributed by atoms with Gasteiger partial charge in [0.25, 0.3) is 0 Å². The second kappa shape index (κ2) is 4.52. The number of carbonyl (C=O) groups is 1. The molecule has 3 unspecified atom stereocenters. The Morgan fingerprint density at radius 2 is 2.27 bits per heavy atom. The molecule has 0 radical (unpaired) electrons. The number of carbonyl (C=O) groups excluding carboxylic acids is 1. The lowest BCUT2D eigenvalue weighted by Gasteiger charge is -2.18. The monoisotopic (exact) mass is 211 g/mol. The molecule has 0 aromatic heterocycles. The van der Waals surface area contributed by atoms with E-state index < -0.39 is 0 Å². The van der Waals surface area contributed by atoms with Crippen LogP contribution in [0.3, 0.4) is 0 Å². The maximum atomic E-state index is 11.8. The first-order chi connectivity index (χ1) is 7.16. The topological polar surface area (TPSA) is 38.3 Å². The van der Waals surface area contributed by atoms with Crippen LogP contribution >= 0.6 is 0 Å². The molecule has 0 aromatic carbocycles. The van der Waals surface area contributed by atoms with E-state index in [4.69, 9.17) is 4.74 Å². The molecule has 2 saturated heterocycles. The van der Waals surface area contributed by atoms with Gasteiger partial charge in [-0.3, -0.25) is 4.79 Å². The van der Waals surface area contributed by atoms with Crippen LogP contribution in [0.5, 0.6) is 0 Å². The van der Waals surface area contributed by atoms with Gasteiger partial charge in [0.05, 0.1) is 12.5 Å². The summed E-state index contributed by atoms with van der Waals surface area (Å²) in [5.74, 6) is 0.766. The third-order valence-electron chi connectivity index (χ3n) is 3.54. The lowest BCUT2D eigenvalue weighted by Crippen LogP contribution is -2.30. The number of esters is 1. The van der Waals surface area contributed by atoms with Gasteiger partial charge in [-0.25, -0.2) is 0 Å². The Balaban J connectivity index is 1.72. The molecule has 2 fully saturated rings. The van der Waals surface area contributed by atoms with E-state index in [-0.39, 0.29) is 11.9 Å². The smallest absolute Gasteiger partial charge is 0.310 e. The molecule has 2 aliphatic rings. The molecule has 2 bridgehead atoms. The minimum atomic E-state index is 0.0235. The van der Waals surface area contributed by atoms with Crippen molar-refractivity contribution in [3.8, 4) is 0 Å². The number of nitrogens with one attached hydrogen (secondary N) is 1. The Labute approximate surface area is 91.6 Å². The molecule has 15 heavy (non-hydrogen) atoms. The number of rotatable bonds is 4. The Hall–Kier alpha value is -0.570. The van der Waals surface area contributed by atoms with Gasteiger partial charge in [0, 0.05) is 12.1 Å². The van der Waals surface area contributed by atoms with E-state index in [1.807, 2.05) is 0 Å². The molecule has 2 heterocycles. The number of ether oxygens (including phenoxy) is 1. The highest BCUT2D eigenvalue weighted by Gasteiger charge is 2.43. The van der Waals surface area contributed by atoms with Gasteiger partial charge in [-0.15, -0.1) is 0 Å². The minimum Gasteiger partial charge on any atom is -0.465 e. The SMILES string of the molecule is CC(C)CCOC(=O)C1CC2CCC1N2. The van der Waals surface area contributed by atoms with Crippen molar-refractivity contribution >= 4 is 5.97 Å². The van der Waals surface area contributed by atoms with Gasteiger partial charge < -0.3 is 10.1 Å². The normalized spacial score (nSPS) is 33.7. The van der Waals surface area contributed by atoms with Gasteiger partial charge in [-0.05, 0) is 31.6 Å². The van der Waals surface area contributed by atoms with Crippen molar-refractivity contribution in [1.82, 2.24) is 5.32 Å². The van der Waals surface area contributed by atoms with Crippen LogP contribution in [0.2, 0.25) is 0 Å². The van der Waals surface area contributed by atoms with E-state index in [9.17, 15) is 4.79 Å². The number of hydrogen-bond donors (Lipinski definition) is 1. The summed E-state index contributed by atoms with van der Waals surface area (Å²) >= 11 is 0. The highest BCUT2D eigenvalue weighted by molar-refractivity contribution is 5.74. The lowest BCUT2D eigenvalue weighted by molar-refractivity contribution is -0.149. The van der Waals surface area contributed by atoms with Gasteiger partial charge in [0.1, 0.15) is 0 Å². The van der Waals surface area contributed by atoms with Gasteiger partial charge in [-0.1, -0.05) is 13.8 Å². The highest BCUT2D eigenvalue weighted by Crippen LogP contribution is 2.33. The van der Waals surface area contributed by atoms with Gasteiger partial charge in [-0.2, -0.15) is 0 Å². The van der Waals surface area contributed by atoms with Crippen LogP contribution in [0.1, 0.15) is 39.5 Å². The first kappa shape index (κ1) is 10.9. The zero-order valence-electron chi connectivity index (χ0n) is 9.66. The third-order valence-corrected chi connectivity index (χ3v) is 3.54. The second-order valence-corrected chi connectivity index (χ2v) is 5.24. The van der Waals surface area contributed by atoms with E-state index in [0.717, 1.165) is 19.3 Å². The summed E-state index contributed by atoms with van der Waals surface area (Å²) in [5.41, 5.74) is 0. The van der Waals surface area contributed by atoms with Crippen LogP contribution in [0.15, 0.2) is 0 Å². The molecule has 0 amide bonds. The van der Waals surface area contributed by atoms with Gasteiger partial charge in [0.2, 0.25) is 0 Å². The van der Waals surface area contributed by atoms with E-state index in [1.165, 1.54) is 6.42 Å². The zero-order chi connectivity index (χ0) is 10.8. The minimum absolute atomic E-state index is 0.0235. The van der Waals surface area contributed by atoms with E-state index in [2.05, 4.69) is 19.2 Å². The summed E-state index contributed by atoms with van der Waals surface area (Å²) in [4.78, 5) is 11.8. The summed E-state index contributed by atoms with van der Waals surface area (Å²) in [7, 11) is 0. The molecule has 0 aromatic rings. The van der Waals surface area contributed by atoms with Gasteiger partial charge in [0.15, 0.2) is 0 Å². The van der Waals surface area contributed by atoms with Crippen LogP contribution in [0.25, 0.3) is 0 Å². The fraction of sp³-hybridized carbons (Fsp3) is 0.917. The van der Waals surface area contributed by atoms with Crippen molar-refractivity contribution in [2.45, 2.75) is 51.6 Å². The standard InChI is InChI=1S/C12H21NO2/c1-8(2)5-6-15-12(14)10-7-9-3-4-11(10)13-9/h8-11,13H,3-7H2,1-2H3. The Morgan fingerprint density at radius 3 is 2.80 bits per heavy atom. The first-order valence-corrected chi connectivity index (χ1v) is 6.09. The predicted molar refractivity (Wildman–Crippen MR) is 58.5 cm³/mol. The third kappa shape index (κ3) is 2.51. The summed E-state index contributed by atoms with van der Waals surface area (Å²) in [6.07, 6.45) is 4.35. The molecule has 2 aliphatic heterocycles. The van der Waals surface area contributed by atoms with E-state index in [1.54, 1.807) is 0 Å². The number of hydrogen-bond acceptors (Lipinski definition) is 3. The largest absolute Gasteiger partial charge is 0.465 e. The average molecular weight is 211 g/mol. The highest BCUT2D eigenvalue weighted by atomic mass is 16.5. The van der Waals surface area contributed by atoms with Gasteiger partial charge >= 0.3 is 5.97 Å². The molecule has 1 N–H and O–H groups in total. The van der Waals surface area contributed by atoms with Crippen LogP contribution in [0.4, 0.5) is 0 Å². The molecule has 0 aliphatic carbocycles. The first-order valence-electron chi connectivity index (χ1n) is 6.09. The maximum absolute atomic E-state index is 11.8. The van der Waals surface area contributed by atoms with Crippen molar-refractivity contribution in [2.24, 2.45) is 11.8 Å². The molecule has 0 saturated carbocycles. The lowest BCUT2D eigenvalue weighted by atomic mass is 9.89. The molecule has 3 atom stereocenters. The molecule has 2 rings (SSSR count). The summed E-state index contributed by atoms with van der Waals surface area (Å²) in [6, 6.07) is 0.985. The molecule has 3 heteroatoms. The molecular weight excluding hydrogens is 190 g/mol. The van der Waals surface area contributed by atoms with E-state index in [0.29, 0.717) is 24.6 Å². The Bertz CT molecular complexity index is 240. The van der Waals surface area contributed by atoms with Crippen molar-refractivity contribution in [2.75, 3.05) is 6.61 Å². The van der Waals surface area contributed by atoms with Crippen LogP contribution in [-0.2, 0) is 9.53 Å². The Kier molecular flexibility index (Phi) is 3.29. The Morgan fingerprint density at radius 1 is 1.47 bits per heavy atom.